The molecule has 2 fully saturated rings. The molecule has 1 aliphatic heterocycles. The van der Waals surface area contributed by atoms with Gasteiger partial charge in [0.25, 0.3) is 0 Å². The summed E-state index contributed by atoms with van der Waals surface area (Å²) in [5, 5.41) is 8.51. The van der Waals surface area contributed by atoms with Gasteiger partial charge in [0.05, 0.1) is 0 Å². The van der Waals surface area contributed by atoms with E-state index in [-0.39, 0.29) is 0 Å². The van der Waals surface area contributed by atoms with Crippen LogP contribution in [0.15, 0.2) is 24.4 Å². The zero-order valence-electron chi connectivity index (χ0n) is 13.4. The predicted molar refractivity (Wildman–Crippen MR) is 88.4 cm³/mol. The average molecular weight is 313 g/mol. The summed E-state index contributed by atoms with van der Waals surface area (Å²) in [6.45, 7) is 3.22. The molecule has 0 N–H and O–H groups in total. The SMILES string of the molecule is O=C(CC1CCCC1)N1CCN(c2nnc3ccccn23)CC1. The summed E-state index contributed by atoms with van der Waals surface area (Å²) in [4.78, 5) is 16.7. The fraction of sp³-hybridized carbons (Fsp3) is 0.588. The summed E-state index contributed by atoms with van der Waals surface area (Å²) < 4.78 is 2.01. The molecular formula is C17H23N5O. The molecule has 6 nitrogen and oxygen atoms in total. The summed E-state index contributed by atoms with van der Waals surface area (Å²) in [6, 6.07) is 5.91. The van der Waals surface area contributed by atoms with Gasteiger partial charge in [-0.2, -0.15) is 0 Å². The number of rotatable bonds is 3. The first kappa shape index (κ1) is 14.5. The molecule has 6 heteroatoms. The molecule has 1 saturated heterocycles. The quantitative estimate of drug-likeness (QED) is 0.869. The van der Waals surface area contributed by atoms with E-state index in [0.717, 1.165) is 44.2 Å². The van der Waals surface area contributed by atoms with Gasteiger partial charge in [-0.15, -0.1) is 10.2 Å². The van der Waals surface area contributed by atoms with Crippen molar-refractivity contribution >= 4 is 17.5 Å². The summed E-state index contributed by atoms with van der Waals surface area (Å²) in [5.41, 5.74) is 0.863. The number of anilines is 1. The smallest absolute Gasteiger partial charge is 0.231 e. The number of hydrogen-bond donors (Lipinski definition) is 0. The number of hydrogen-bond acceptors (Lipinski definition) is 4. The Labute approximate surface area is 136 Å². The van der Waals surface area contributed by atoms with Gasteiger partial charge in [0.2, 0.25) is 11.9 Å². The van der Waals surface area contributed by atoms with E-state index in [1.165, 1.54) is 25.7 Å². The van der Waals surface area contributed by atoms with Crippen LogP contribution in [0.2, 0.25) is 0 Å². The number of carbonyl (C=O) groups excluding carboxylic acids is 1. The molecule has 0 aromatic carbocycles. The number of amides is 1. The highest BCUT2D eigenvalue weighted by atomic mass is 16.2. The fourth-order valence-electron chi connectivity index (χ4n) is 3.79. The number of piperazine rings is 1. The zero-order valence-corrected chi connectivity index (χ0v) is 13.4. The van der Waals surface area contributed by atoms with E-state index in [1.807, 2.05) is 33.7 Å². The standard InChI is InChI=1S/C17H23N5O/c23-16(13-14-5-1-2-6-14)20-9-11-21(12-10-20)17-19-18-15-7-3-4-8-22(15)17/h3-4,7-8,14H,1-2,5-6,9-13H2. The van der Waals surface area contributed by atoms with Crippen LogP contribution in [0.25, 0.3) is 5.65 Å². The number of fused-ring (bicyclic) bond motifs is 1. The highest BCUT2D eigenvalue weighted by Crippen LogP contribution is 2.28. The highest BCUT2D eigenvalue weighted by Gasteiger charge is 2.26. The summed E-state index contributed by atoms with van der Waals surface area (Å²) in [6.07, 6.45) is 7.79. The third kappa shape index (κ3) is 2.90. The molecule has 0 bridgehead atoms. The van der Waals surface area contributed by atoms with Crippen LogP contribution in [0.4, 0.5) is 5.95 Å². The van der Waals surface area contributed by atoms with E-state index < -0.39 is 0 Å². The van der Waals surface area contributed by atoms with E-state index in [2.05, 4.69) is 15.1 Å². The Morgan fingerprint density at radius 3 is 2.65 bits per heavy atom. The van der Waals surface area contributed by atoms with Crippen LogP contribution in [0, 0.1) is 5.92 Å². The second-order valence-electron chi connectivity index (χ2n) is 6.65. The zero-order chi connectivity index (χ0) is 15.6. The van der Waals surface area contributed by atoms with Crippen LogP contribution in [-0.4, -0.2) is 51.6 Å². The van der Waals surface area contributed by atoms with Crippen LogP contribution in [0.1, 0.15) is 32.1 Å². The van der Waals surface area contributed by atoms with Crippen LogP contribution < -0.4 is 4.90 Å². The molecule has 122 valence electrons. The molecule has 2 aromatic heterocycles. The first-order chi connectivity index (χ1) is 11.3. The molecule has 0 atom stereocenters. The van der Waals surface area contributed by atoms with Crippen molar-refractivity contribution in [2.24, 2.45) is 5.92 Å². The predicted octanol–water partition coefficient (Wildman–Crippen LogP) is 1.96. The molecule has 2 aromatic rings. The lowest BCUT2D eigenvalue weighted by Crippen LogP contribution is -2.49. The minimum absolute atomic E-state index is 0.336. The van der Waals surface area contributed by atoms with Crippen molar-refractivity contribution in [3.05, 3.63) is 24.4 Å². The largest absolute Gasteiger partial charge is 0.339 e. The minimum atomic E-state index is 0.336. The molecule has 23 heavy (non-hydrogen) atoms. The Bertz CT molecular complexity index is 683. The van der Waals surface area contributed by atoms with Gasteiger partial charge < -0.3 is 9.80 Å². The van der Waals surface area contributed by atoms with Crippen LogP contribution >= 0.6 is 0 Å². The third-order valence-corrected chi connectivity index (χ3v) is 5.15. The van der Waals surface area contributed by atoms with Crippen molar-refractivity contribution in [2.45, 2.75) is 32.1 Å². The Morgan fingerprint density at radius 1 is 1.09 bits per heavy atom. The van der Waals surface area contributed by atoms with Crippen molar-refractivity contribution in [3.63, 3.8) is 0 Å². The van der Waals surface area contributed by atoms with Gasteiger partial charge in [0.15, 0.2) is 5.65 Å². The summed E-state index contributed by atoms with van der Waals surface area (Å²) in [5.74, 6) is 1.84. The van der Waals surface area contributed by atoms with Gasteiger partial charge in [-0.25, -0.2) is 0 Å². The molecule has 0 unspecified atom stereocenters. The van der Waals surface area contributed by atoms with Crippen LogP contribution in [-0.2, 0) is 4.79 Å². The lowest BCUT2D eigenvalue weighted by atomic mass is 10.0. The van der Waals surface area contributed by atoms with Gasteiger partial charge in [-0.3, -0.25) is 9.20 Å². The van der Waals surface area contributed by atoms with Crippen LogP contribution in [0.3, 0.4) is 0 Å². The highest BCUT2D eigenvalue weighted by molar-refractivity contribution is 5.76. The molecule has 1 amide bonds. The van der Waals surface area contributed by atoms with Gasteiger partial charge in [-0.05, 0) is 30.9 Å². The number of nitrogens with zero attached hydrogens (tertiary/aromatic N) is 5. The summed E-state index contributed by atoms with van der Waals surface area (Å²) in [7, 11) is 0. The summed E-state index contributed by atoms with van der Waals surface area (Å²) >= 11 is 0. The number of pyridine rings is 1. The van der Waals surface area contributed by atoms with Gasteiger partial charge in [0.1, 0.15) is 0 Å². The van der Waals surface area contributed by atoms with Crippen molar-refractivity contribution in [2.75, 3.05) is 31.1 Å². The van der Waals surface area contributed by atoms with Crippen molar-refractivity contribution in [1.82, 2.24) is 19.5 Å². The van der Waals surface area contributed by atoms with E-state index in [0.29, 0.717) is 11.8 Å². The Morgan fingerprint density at radius 2 is 1.87 bits per heavy atom. The van der Waals surface area contributed by atoms with Gasteiger partial charge in [-0.1, -0.05) is 18.9 Å². The Hall–Kier alpha value is -2.11. The van der Waals surface area contributed by atoms with Gasteiger partial charge in [0, 0.05) is 38.8 Å². The second-order valence-corrected chi connectivity index (χ2v) is 6.65. The second kappa shape index (κ2) is 6.18. The normalized spacial score (nSPS) is 19.7. The maximum atomic E-state index is 12.4. The lowest BCUT2D eigenvalue weighted by molar-refractivity contribution is -0.132. The van der Waals surface area contributed by atoms with Crippen LogP contribution in [0.5, 0.6) is 0 Å². The van der Waals surface area contributed by atoms with Crippen molar-refractivity contribution in [3.8, 4) is 0 Å². The molecule has 1 saturated carbocycles. The monoisotopic (exact) mass is 313 g/mol. The molecule has 0 radical (unpaired) electrons. The van der Waals surface area contributed by atoms with E-state index >= 15 is 0 Å². The maximum Gasteiger partial charge on any atom is 0.231 e. The topological polar surface area (TPSA) is 53.7 Å². The van der Waals surface area contributed by atoms with Gasteiger partial charge >= 0.3 is 0 Å². The van der Waals surface area contributed by atoms with Crippen molar-refractivity contribution in [1.29, 1.82) is 0 Å². The maximum absolute atomic E-state index is 12.4. The fourth-order valence-corrected chi connectivity index (χ4v) is 3.79. The molecule has 3 heterocycles. The molecule has 0 spiro atoms. The Kier molecular flexibility index (Phi) is 3.89. The minimum Gasteiger partial charge on any atom is -0.339 e. The average Bonchev–Trinajstić information content (AvgIpc) is 3.24. The van der Waals surface area contributed by atoms with E-state index in [9.17, 15) is 4.79 Å². The van der Waals surface area contributed by atoms with Crippen molar-refractivity contribution < 1.29 is 4.79 Å². The molecule has 1 aliphatic carbocycles. The first-order valence-electron chi connectivity index (χ1n) is 8.64. The number of aromatic nitrogens is 3. The third-order valence-electron chi connectivity index (χ3n) is 5.15. The first-order valence-corrected chi connectivity index (χ1v) is 8.64. The molecule has 2 aliphatic rings. The Balaban J connectivity index is 1.38. The number of carbonyl (C=O) groups is 1. The van der Waals surface area contributed by atoms with E-state index in [4.69, 9.17) is 0 Å². The molecular weight excluding hydrogens is 290 g/mol. The lowest BCUT2D eigenvalue weighted by Gasteiger charge is -2.35. The molecule has 4 rings (SSSR count). The van der Waals surface area contributed by atoms with E-state index in [1.54, 1.807) is 0 Å².